The number of nitrogens with one attached hydrogen (secondary N) is 2. The molecular formula is C18H19FN2O3S. The molecule has 0 aliphatic heterocycles. The van der Waals surface area contributed by atoms with Crippen LogP contribution in [-0.4, -0.2) is 20.4 Å². The number of hydrogen-bond donors (Lipinski definition) is 2. The van der Waals surface area contributed by atoms with Crippen LogP contribution in [0.3, 0.4) is 0 Å². The Balaban J connectivity index is 1.74. The van der Waals surface area contributed by atoms with Crippen LogP contribution in [0.15, 0.2) is 47.4 Å². The third-order valence-corrected chi connectivity index (χ3v) is 5.49. The quantitative estimate of drug-likeness (QED) is 0.829. The van der Waals surface area contributed by atoms with Gasteiger partial charge in [-0.05, 0) is 43.5 Å². The van der Waals surface area contributed by atoms with Gasteiger partial charge in [-0.3, -0.25) is 4.79 Å². The van der Waals surface area contributed by atoms with Crippen LogP contribution in [-0.2, 0) is 16.6 Å². The summed E-state index contributed by atoms with van der Waals surface area (Å²) in [5.74, 6) is -1.33. The number of hydrogen-bond acceptors (Lipinski definition) is 3. The van der Waals surface area contributed by atoms with Crippen LogP contribution in [0.5, 0.6) is 0 Å². The van der Waals surface area contributed by atoms with E-state index in [1.807, 2.05) is 31.2 Å². The van der Waals surface area contributed by atoms with E-state index in [1.54, 1.807) is 0 Å². The van der Waals surface area contributed by atoms with E-state index in [-0.39, 0.29) is 11.6 Å². The third kappa shape index (κ3) is 4.43. The van der Waals surface area contributed by atoms with E-state index < -0.39 is 26.6 Å². The van der Waals surface area contributed by atoms with Crippen molar-refractivity contribution in [1.29, 1.82) is 0 Å². The molecule has 1 fully saturated rings. The summed E-state index contributed by atoms with van der Waals surface area (Å²) < 4.78 is 40.8. The van der Waals surface area contributed by atoms with Gasteiger partial charge in [0.2, 0.25) is 10.0 Å². The fourth-order valence-corrected chi connectivity index (χ4v) is 3.73. The lowest BCUT2D eigenvalue weighted by Crippen LogP contribution is -2.28. The fourth-order valence-electron chi connectivity index (χ4n) is 2.32. The van der Waals surface area contributed by atoms with Gasteiger partial charge in [0.25, 0.3) is 5.91 Å². The number of carbonyl (C=O) groups excluding carboxylic acids is 1. The van der Waals surface area contributed by atoms with Gasteiger partial charge in [0, 0.05) is 18.2 Å². The predicted octanol–water partition coefficient (Wildman–Crippen LogP) is 2.50. The van der Waals surface area contributed by atoms with Crippen LogP contribution < -0.4 is 10.0 Å². The fraction of sp³-hybridized carbons (Fsp3) is 0.278. The highest BCUT2D eigenvalue weighted by Gasteiger charge is 2.30. The Morgan fingerprint density at radius 2 is 1.84 bits per heavy atom. The maximum absolute atomic E-state index is 13.9. The van der Waals surface area contributed by atoms with E-state index in [2.05, 4.69) is 10.0 Å². The van der Waals surface area contributed by atoms with Crippen molar-refractivity contribution in [3.05, 3.63) is 65.0 Å². The number of halogens is 1. The summed E-state index contributed by atoms with van der Waals surface area (Å²) in [5.41, 5.74) is 2.14. The molecule has 0 spiro atoms. The molecule has 0 heterocycles. The maximum atomic E-state index is 13.9. The molecule has 0 radical (unpaired) electrons. The normalized spacial score (nSPS) is 14.3. The molecule has 5 nitrogen and oxygen atoms in total. The first-order valence-electron chi connectivity index (χ1n) is 8.01. The van der Waals surface area contributed by atoms with Gasteiger partial charge in [-0.25, -0.2) is 17.5 Å². The minimum Gasteiger partial charge on any atom is -0.348 e. The average Bonchev–Trinajstić information content (AvgIpc) is 3.37. The molecule has 0 bridgehead atoms. The summed E-state index contributed by atoms with van der Waals surface area (Å²) in [7, 11) is -3.96. The molecule has 132 valence electrons. The van der Waals surface area contributed by atoms with E-state index in [9.17, 15) is 17.6 Å². The molecule has 25 heavy (non-hydrogen) atoms. The van der Waals surface area contributed by atoms with Crippen LogP contribution in [0.1, 0.15) is 34.3 Å². The highest BCUT2D eigenvalue weighted by molar-refractivity contribution is 7.89. The summed E-state index contributed by atoms with van der Waals surface area (Å²) in [6, 6.07) is 10.9. The highest BCUT2D eigenvalue weighted by atomic mass is 32.2. The summed E-state index contributed by atoms with van der Waals surface area (Å²) in [5, 5.41) is 2.71. The molecule has 1 amide bonds. The van der Waals surface area contributed by atoms with E-state index in [1.165, 1.54) is 6.07 Å². The first-order chi connectivity index (χ1) is 11.8. The number of aryl methyl sites for hydroxylation is 1. The minimum absolute atomic E-state index is 0.102. The number of benzene rings is 2. The standard InChI is InChI=1S/C18H19FN2O3S/c1-12-2-4-13(5-3-12)11-20-18(22)14-6-9-16(19)17(10-14)25(23,24)21-15-7-8-15/h2-6,9-10,15,21H,7-8,11H2,1H3,(H,20,22). The van der Waals surface area contributed by atoms with E-state index >= 15 is 0 Å². The molecule has 3 rings (SSSR count). The average molecular weight is 362 g/mol. The zero-order valence-electron chi connectivity index (χ0n) is 13.8. The first kappa shape index (κ1) is 17.6. The molecule has 1 saturated carbocycles. The van der Waals surface area contributed by atoms with E-state index in [0.717, 1.165) is 36.1 Å². The number of carbonyl (C=O) groups is 1. The Kier molecular flexibility index (Phi) is 4.87. The monoisotopic (exact) mass is 362 g/mol. The lowest BCUT2D eigenvalue weighted by atomic mass is 10.1. The van der Waals surface area contributed by atoms with Gasteiger partial charge in [0.1, 0.15) is 10.7 Å². The zero-order valence-corrected chi connectivity index (χ0v) is 14.6. The van der Waals surface area contributed by atoms with Crippen molar-refractivity contribution in [1.82, 2.24) is 10.0 Å². The topological polar surface area (TPSA) is 75.3 Å². The lowest BCUT2D eigenvalue weighted by Gasteiger charge is -2.10. The smallest absolute Gasteiger partial charge is 0.251 e. The van der Waals surface area contributed by atoms with Crippen molar-refractivity contribution in [3.8, 4) is 0 Å². The second-order valence-electron chi connectivity index (χ2n) is 6.21. The number of rotatable bonds is 6. The van der Waals surface area contributed by atoms with Crippen molar-refractivity contribution >= 4 is 15.9 Å². The largest absolute Gasteiger partial charge is 0.348 e. The van der Waals surface area contributed by atoms with Gasteiger partial charge in [-0.2, -0.15) is 0 Å². The Bertz CT molecular complexity index is 891. The zero-order chi connectivity index (χ0) is 18.0. The second-order valence-corrected chi connectivity index (χ2v) is 7.89. The summed E-state index contributed by atoms with van der Waals surface area (Å²) in [6.07, 6.45) is 1.50. The van der Waals surface area contributed by atoms with Crippen LogP contribution >= 0.6 is 0 Å². The van der Waals surface area contributed by atoms with Crippen molar-refractivity contribution in [2.75, 3.05) is 0 Å². The van der Waals surface area contributed by atoms with Crippen molar-refractivity contribution in [2.24, 2.45) is 0 Å². The van der Waals surface area contributed by atoms with Crippen LogP contribution in [0.4, 0.5) is 4.39 Å². The second kappa shape index (κ2) is 6.93. The van der Waals surface area contributed by atoms with Crippen molar-refractivity contribution in [3.63, 3.8) is 0 Å². The molecule has 7 heteroatoms. The van der Waals surface area contributed by atoms with Crippen molar-refractivity contribution in [2.45, 2.75) is 37.2 Å². The van der Waals surface area contributed by atoms with E-state index in [0.29, 0.717) is 6.54 Å². The third-order valence-electron chi connectivity index (χ3n) is 3.96. The Morgan fingerprint density at radius 3 is 2.48 bits per heavy atom. The molecular weight excluding hydrogens is 343 g/mol. The molecule has 0 atom stereocenters. The molecule has 0 saturated heterocycles. The Morgan fingerprint density at radius 1 is 1.16 bits per heavy atom. The van der Waals surface area contributed by atoms with Gasteiger partial charge < -0.3 is 5.32 Å². The maximum Gasteiger partial charge on any atom is 0.251 e. The number of sulfonamides is 1. The molecule has 2 aromatic rings. The van der Waals surface area contributed by atoms with Gasteiger partial charge in [-0.1, -0.05) is 29.8 Å². The van der Waals surface area contributed by atoms with Crippen LogP contribution in [0, 0.1) is 12.7 Å². The lowest BCUT2D eigenvalue weighted by molar-refractivity contribution is 0.0950. The van der Waals surface area contributed by atoms with Crippen molar-refractivity contribution < 1.29 is 17.6 Å². The Hall–Kier alpha value is -2.25. The van der Waals surface area contributed by atoms with Gasteiger partial charge in [-0.15, -0.1) is 0 Å². The molecule has 1 aliphatic rings. The Labute approximate surface area is 146 Å². The molecule has 2 aromatic carbocycles. The number of amides is 1. The summed E-state index contributed by atoms with van der Waals surface area (Å²) >= 11 is 0. The molecule has 0 aromatic heterocycles. The first-order valence-corrected chi connectivity index (χ1v) is 9.49. The predicted molar refractivity (Wildman–Crippen MR) is 92.1 cm³/mol. The molecule has 1 aliphatic carbocycles. The van der Waals surface area contributed by atoms with Gasteiger partial charge >= 0.3 is 0 Å². The molecule has 0 unspecified atom stereocenters. The SMILES string of the molecule is Cc1ccc(CNC(=O)c2ccc(F)c(S(=O)(=O)NC3CC3)c2)cc1. The highest BCUT2D eigenvalue weighted by Crippen LogP contribution is 2.24. The van der Waals surface area contributed by atoms with Gasteiger partial charge in [0.15, 0.2) is 0 Å². The summed E-state index contributed by atoms with van der Waals surface area (Å²) in [6.45, 7) is 2.28. The molecule has 2 N–H and O–H groups in total. The summed E-state index contributed by atoms with van der Waals surface area (Å²) in [4.78, 5) is 11.8. The van der Waals surface area contributed by atoms with Gasteiger partial charge in [0.05, 0.1) is 0 Å². The van der Waals surface area contributed by atoms with E-state index in [4.69, 9.17) is 0 Å². The van der Waals surface area contributed by atoms with Crippen LogP contribution in [0.2, 0.25) is 0 Å². The van der Waals surface area contributed by atoms with Crippen LogP contribution in [0.25, 0.3) is 0 Å². The minimum atomic E-state index is -3.96.